The lowest BCUT2D eigenvalue weighted by Crippen LogP contribution is -2.09. The number of nitrogen functional groups attached to an aromatic ring is 1. The Bertz CT molecular complexity index is 463. The molecule has 0 aliphatic heterocycles. The van der Waals surface area contributed by atoms with Gasteiger partial charge in [0.1, 0.15) is 5.75 Å². The van der Waals surface area contributed by atoms with Crippen molar-refractivity contribution in [1.29, 1.82) is 0 Å². The first-order chi connectivity index (χ1) is 9.75. The lowest BCUT2D eigenvalue weighted by atomic mass is 9.79. The molecule has 1 aromatic carbocycles. The van der Waals surface area contributed by atoms with Gasteiger partial charge in [-0.1, -0.05) is 44.6 Å². The van der Waals surface area contributed by atoms with Crippen LogP contribution in [0.1, 0.15) is 87.2 Å². The van der Waals surface area contributed by atoms with Gasteiger partial charge in [-0.05, 0) is 54.7 Å². The maximum Gasteiger partial charge on any atom is 0.141 e. The van der Waals surface area contributed by atoms with Crippen LogP contribution >= 0.6 is 12.4 Å². The van der Waals surface area contributed by atoms with Crippen molar-refractivity contribution >= 4 is 18.1 Å². The zero-order valence-electron chi connectivity index (χ0n) is 12.8. The number of benzene rings is 1. The minimum atomic E-state index is 0. The molecule has 2 aliphatic carbocycles. The molecule has 0 saturated heterocycles. The Balaban J connectivity index is 0.00000161. The van der Waals surface area contributed by atoms with E-state index in [2.05, 4.69) is 6.07 Å². The molecule has 0 spiro atoms. The van der Waals surface area contributed by atoms with Gasteiger partial charge < -0.3 is 10.8 Å². The van der Waals surface area contributed by atoms with E-state index < -0.39 is 0 Å². The Morgan fingerprint density at radius 2 is 1.33 bits per heavy atom. The number of hydrogen-bond acceptors (Lipinski definition) is 2. The normalized spacial score (nSPS) is 21.0. The molecule has 3 rings (SSSR count). The van der Waals surface area contributed by atoms with Crippen molar-refractivity contribution in [3.05, 3.63) is 23.3 Å². The second kappa shape index (κ2) is 7.40. The van der Waals surface area contributed by atoms with E-state index in [9.17, 15) is 5.11 Å². The summed E-state index contributed by atoms with van der Waals surface area (Å²) >= 11 is 0. The Morgan fingerprint density at radius 1 is 0.810 bits per heavy atom. The molecule has 0 radical (unpaired) electrons. The van der Waals surface area contributed by atoms with Gasteiger partial charge in [0.15, 0.2) is 0 Å². The third kappa shape index (κ3) is 3.66. The summed E-state index contributed by atoms with van der Waals surface area (Å²) in [5.41, 5.74) is 9.18. The molecule has 0 bridgehead atoms. The molecular formula is C18H28ClNO. The maximum atomic E-state index is 10.3. The van der Waals surface area contributed by atoms with Crippen LogP contribution in [0.4, 0.5) is 5.69 Å². The highest BCUT2D eigenvalue weighted by Crippen LogP contribution is 2.43. The molecule has 118 valence electrons. The van der Waals surface area contributed by atoms with Crippen LogP contribution in [0.5, 0.6) is 5.75 Å². The van der Waals surface area contributed by atoms with E-state index in [-0.39, 0.29) is 12.4 Å². The van der Waals surface area contributed by atoms with Crippen LogP contribution < -0.4 is 5.73 Å². The highest BCUT2D eigenvalue weighted by atomic mass is 35.5. The van der Waals surface area contributed by atoms with Crippen LogP contribution in [0.15, 0.2) is 12.1 Å². The second-order valence-corrected chi connectivity index (χ2v) is 6.72. The largest absolute Gasteiger partial charge is 0.505 e. The van der Waals surface area contributed by atoms with Crippen LogP contribution in [0.25, 0.3) is 0 Å². The van der Waals surface area contributed by atoms with Crippen molar-refractivity contribution in [1.82, 2.24) is 0 Å². The summed E-state index contributed by atoms with van der Waals surface area (Å²) in [6, 6.07) is 4.30. The van der Waals surface area contributed by atoms with Crippen molar-refractivity contribution in [3.63, 3.8) is 0 Å². The number of phenolic OH excluding ortho intramolecular Hbond substituents is 1. The van der Waals surface area contributed by atoms with Gasteiger partial charge in [-0.2, -0.15) is 0 Å². The van der Waals surface area contributed by atoms with Crippen LogP contribution in [0.2, 0.25) is 0 Å². The van der Waals surface area contributed by atoms with Gasteiger partial charge in [-0.3, -0.25) is 0 Å². The number of phenols is 1. The van der Waals surface area contributed by atoms with Crippen molar-refractivity contribution in [3.8, 4) is 5.75 Å². The zero-order valence-corrected chi connectivity index (χ0v) is 13.6. The first-order valence-corrected chi connectivity index (χ1v) is 8.38. The molecule has 2 saturated carbocycles. The van der Waals surface area contributed by atoms with Crippen LogP contribution in [0.3, 0.4) is 0 Å². The molecule has 3 N–H and O–H groups in total. The Morgan fingerprint density at radius 3 is 1.90 bits per heavy atom. The molecule has 0 heterocycles. The summed E-state index contributed by atoms with van der Waals surface area (Å²) in [6.45, 7) is 0. The number of hydrogen-bond donors (Lipinski definition) is 2. The van der Waals surface area contributed by atoms with Gasteiger partial charge in [0, 0.05) is 0 Å². The predicted octanol–water partition coefficient (Wildman–Crippen LogP) is 5.49. The molecule has 1 aromatic rings. The molecule has 2 fully saturated rings. The Kier molecular flexibility index (Phi) is 5.80. The molecule has 0 aromatic heterocycles. The van der Waals surface area contributed by atoms with Gasteiger partial charge in [-0.25, -0.2) is 0 Å². The van der Waals surface area contributed by atoms with E-state index >= 15 is 0 Å². The fraction of sp³-hybridized carbons (Fsp3) is 0.667. The summed E-state index contributed by atoms with van der Waals surface area (Å²) in [5, 5.41) is 10.3. The lowest BCUT2D eigenvalue weighted by Gasteiger charge is -2.27. The van der Waals surface area contributed by atoms with Crippen molar-refractivity contribution in [2.75, 3.05) is 5.73 Å². The van der Waals surface area contributed by atoms with E-state index in [0.717, 1.165) is 5.56 Å². The Labute approximate surface area is 134 Å². The topological polar surface area (TPSA) is 46.2 Å². The summed E-state index contributed by atoms with van der Waals surface area (Å²) in [4.78, 5) is 0. The van der Waals surface area contributed by atoms with Crippen LogP contribution in [0, 0.1) is 0 Å². The van der Waals surface area contributed by atoms with Crippen LogP contribution in [-0.4, -0.2) is 5.11 Å². The van der Waals surface area contributed by atoms with E-state index in [1.54, 1.807) is 0 Å². The number of anilines is 1. The second-order valence-electron chi connectivity index (χ2n) is 6.72. The van der Waals surface area contributed by atoms with Gasteiger partial charge in [0.05, 0.1) is 5.69 Å². The smallest absolute Gasteiger partial charge is 0.141 e. The first-order valence-electron chi connectivity index (χ1n) is 8.38. The fourth-order valence-corrected chi connectivity index (χ4v) is 4.10. The van der Waals surface area contributed by atoms with E-state index in [1.165, 1.54) is 69.8 Å². The average Bonchev–Trinajstić information content (AvgIpc) is 2.51. The summed E-state index contributed by atoms with van der Waals surface area (Å²) < 4.78 is 0. The molecule has 3 heteroatoms. The van der Waals surface area contributed by atoms with Gasteiger partial charge in [-0.15, -0.1) is 12.4 Å². The molecular weight excluding hydrogens is 282 g/mol. The van der Waals surface area contributed by atoms with Crippen molar-refractivity contribution < 1.29 is 5.11 Å². The quantitative estimate of drug-likeness (QED) is 0.560. The number of halogens is 1. The minimum absolute atomic E-state index is 0. The first kappa shape index (κ1) is 16.5. The SMILES string of the molecule is Cl.Nc1cc(C2CCCCC2)cc(C2CCCCC2)c1O. The monoisotopic (exact) mass is 309 g/mol. The standard InChI is InChI=1S/C18H27NO.ClH/c19-17-12-15(13-7-3-1-4-8-13)11-16(18(17)20)14-9-5-2-6-10-14;/h11-14,20H,1-10,19H2;1H. The zero-order chi connectivity index (χ0) is 13.9. The highest BCUT2D eigenvalue weighted by Gasteiger charge is 2.23. The Hall–Kier alpha value is -0.890. The number of nitrogens with two attached hydrogens (primary N) is 1. The van der Waals surface area contributed by atoms with Crippen LogP contribution in [-0.2, 0) is 0 Å². The lowest BCUT2D eigenvalue weighted by molar-refractivity contribution is 0.412. The molecule has 0 atom stereocenters. The average molecular weight is 310 g/mol. The van der Waals surface area contributed by atoms with E-state index in [0.29, 0.717) is 23.3 Å². The number of aromatic hydroxyl groups is 1. The van der Waals surface area contributed by atoms with Crippen molar-refractivity contribution in [2.45, 2.75) is 76.0 Å². The fourth-order valence-electron chi connectivity index (χ4n) is 4.10. The van der Waals surface area contributed by atoms with E-state index in [4.69, 9.17) is 5.73 Å². The third-order valence-electron chi connectivity index (χ3n) is 5.31. The van der Waals surface area contributed by atoms with Gasteiger partial charge in [0.2, 0.25) is 0 Å². The predicted molar refractivity (Wildman–Crippen MR) is 91.4 cm³/mol. The van der Waals surface area contributed by atoms with Gasteiger partial charge in [0.25, 0.3) is 0 Å². The molecule has 21 heavy (non-hydrogen) atoms. The van der Waals surface area contributed by atoms with Gasteiger partial charge >= 0.3 is 0 Å². The summed E-state index contributed by atoms with van der Waals surface area (Å²) in [7, 11) is 0. The number of rotatable bonds is 2. The maximum absolute atomic E-state index is 10.3. The third-order valence-corrected chi connectivity index (χ3v) is 5.31. The van der Waals surface area contributed by atoms with E-state index in [1.807, 2.05) is 6.07 Å². The highest BCUT2D eigenvalue weighted by molar-refractivity contribution is 5.85. The minimum Gasteiger partial charge on any atom is -0.505 e. The summed E-state index contributed by atoms with van der Waals surface area (Å²) in [5.74, 6) is 1.54. The molecule has 2 nitrogen and oxygen atoms in total. The van der Waals surface area contributed by atoms with Crippen molar-refractivity contribution in [2.24, 2.45) is 0 Å². The molecule has 0 amide bonds. The molecule has 0 unspecified atom stereocenters. The molecule has 2 aliphatic rings. The summed E-state index contributed by atoms with van der Waals surface area (Å²) in [6.07, 6.45) is 13.0.